The number of para-hydroxylation sites is 1. The van der Waals surface area contributed by atoms with E-state index in [9.17, 15) is 19.2 Å². The number of rotatable bonds is 9. The molecule has 0 aliphatic carbocycles. The summed E-state index contributed by atoms with van der Waals surface area (Å²) in [5, 5.41) is 5.76. The van der Waals surface area contributed by atoms with Crippen LogP contribution in [0.2, 0.25) is 5.02 Å². The molecule has 0 bridgehead atoms. The number of nitrogens with one attached hydrogen (secondary N) is 2. The zero-order chi connectivity index (χ0) is 28.8. The number of hydrogen-bond donors (Lipinski definition) is 3. The van der Waals surface area contributed by atoms with Crippen molar-refractivity contribution < 1.29 is 23.9 Å². The predicted octanol–water partition coefficient (Wildman–Crippen LogP) is 4.56. The summed E-state index contributed by atoms with van der Waals surface area (Å²) in [5.74, 6) is -1.71. The molecule has 0 aliphatic rings. The second-order valence-electron chi connectivity index (χ2n) is 10.3. The van der Waals surface area contributed by atoms with Gasteiger partial charge in [0.05, 0.1) is 10.7 Å². The second-order valence-corrected chi connectivity index (χ2v) is 10.7. The zero-order valence-corrected chi connectivity index (χ0v) is 23.7. The SMILES string of the molecule is Cc1cccc(C(C(=O)Nc2c(C)cccc2Cl)N(C)C(=O)C(CCC(N)=O)NC(=O)OC(C)(C)C)c1C. The number of hydrogen-bond acceptors (Lipinski definition) is 5. The average molecular weight is 545 g/mol. The Morgan fingerprint density at radius 2 is 1.63 bits per heavy atom. The highest BCUT2D eigenvalue weighted by Gasteiger charge is 2.35. The molecule has 0 heterocycles. The van der Waals surface area contributed by atoms with Gasteiger partial charge < -0.3 is 26.0 Å². The van der Waals surface area contributed by atoms with Crippen LogP contribution in [0.1, 0.15) is 61.9 Å². The highest BCUT2D eigenvalue weighted by Crippen LogP contribution is 2.31. The van der Waals surface area contributed by atoms with Crippen LogP contribution in [0.15, 0.2) is 36.4 Å². The highest BCUT2D eigenvalue weighted by molar-refractivity contribution is 6.34. The topological polar surface area (TPSA) is 131 Å². The average Bonchev–Trinajstić information content (AvgIpc) is 2.80. The number of halogens is 1. The van der Waals surface area contributed by atoms with Crippen molar-refractivity contribution in [3.8, 4) is 0 Å². The van der Waals surface area contributed by atoms with Gasteiger partial charge in [-0.3, -0.25) is 14.4 Å². The van der Waals surface area contributed by atoms with E-state index in [1.54, 1.807) is 45.0 Å². The first-order chi connectivity index (χ1) is 17.6. The van der Waals surface area contributed by atoms with E-state index >= 15 is 0 Å². The fourth-order valence-electron chi connectivity index (χ4n) is 3.94. The summed E-state index contributed by atoms with van der Waals surface area (Å²) in [4.78, 5) is 52.8. The Hall–Kier alpha value is -3.59. The van der Waals surface area contributed by atoms with Gasteiger partial charge >= 0.3 is 6.09 Å². The van der Waals surface area contributed by atoms with Crippen molar-refractivity contribution in [3.63, 3.8) is 0 Å². The molecule has 0 saturated heterocycles. The van der Waals surface area contributed by atoms with E-state index < -0.39 is 41.5 Å². The lowest BCUT2D eigenvalue weighted by Gasteiger charge is -2.32. The van der Waals surface area contributed by atoms with Gasteiger partial charge in [0.1, 0.15) is 17.7 Å². The van der Waals surface area contributed by atoms with Crippen molar-refractivity contribution in [2.45, 2.75) is 72.1 Å². The Bertz CT molecular complexity index is 1190. The number of benzene rings is 2. The Balaban J connectivity index is 2.49. The minimum Gasteiger partial charge on any atom is -0.444 e. The van der Waals surface area contributed by atoms with Crippen LogP contribution in [0.5, 0.6) is 0 Å². The standard InChI is InChI=1S/C28H37ClN4O5/c1-16-10-8-12-19(18(16)3)24(25(35)32-23-17(2)11-9-13-20(23)29)33(7)26(36)21(14-15-22(30)34)31-27(37)38-28(4,5)6/h8-13,21,24H,14-15H2,1-7H3,(H2,30,34)(H,31,37)(H,32,35). The number of ether oxygens (including phenoxy) is 1. The van der Waals surface area contributed by atoms with Crippen molar-refractivity contribution in [3.05, 3.63) is 63.7 Å². The number of nitrogens with zero attached hydrogens (tertiary/aromatic N) is 1. The van der Waals surface area contributed by atoms with Crippen LogP contribution < -0.4 is 16.4 Å². The number of aryl methyl sites for hydroxylation is 2. The molecule has 38 heavy (non-hydrogen) atoms. The van der Waals surface area contributed by atoms with Crippen LogP contribution in [-0.4, -0.2) is 47.4 Å². The molecular formula is C28H37ClN4O5. The second kappa shape index (κ2) is 12.8. The van der Waals surface area contributed by atoms with Crippen molar-refractivity contribution in [2.24, 2.45) is 5.73 Å². The Morgan fingerprint density at radius 1 is 1.03 bits per heavy atom. The Kier molecular flexibility index (Phi) is 10.3. The lowest BCUT2D eigenvalue weighted by molar-refractivity contribution is -0.139. The van der Waals surface area contributed by atoms with Gasteiger partial charge in [-0.15, -0.1) is 0 Å². The molecule has 2 atom stereocenters. The summed E-state index contributed by atoms with van der Waals surface area (Å²) in [6.07, 6.45) is -1.05. The summed E-state index contributed by atoms with van der Waals surface area (Å²) >= 11 is 6.35. The smallest absolute Gasteiger partial charge is 0.408 e. The quantitative estimate of drug-likeness (QED) is 0.426. The first-order valence-corrected chi connectivity index (χ1v) is 12.7. The van der Waals surface area contributed by atoms with Gasteiger partial charge in [0.2, 0.25) is 11.8 Å². The molecule has 0 fully saturated rings. The summed E-state index contributed by atoms with van der Waals surface area (Å²) in [6.45, 7) is 10.7. The third-order valence-corrected chi connectivity index (χ3v) is 6.38. The summed E-state index contributed by atoms with van der Waals surface area (Å²) < 4.78 is 5.31. The van der Waals surface area contributed by atoms with Gasteiger partial charge in [0, 0.05) is 13.5 Å². The van der Waals surface area contributed by atoms with Crippen LogP contribution in [0, 0.1) is 20.8 Å². The van der Waals surface area contributed by atoms with E-state index in [1.165, 1.54) is 11.9 Å². The predicted molar refractivity (Wildman–Crippen MR) is 148 cm³/mol. The van der Waals surface area contributed by atoms with E-state index in [0.717, 1.165) is 16.7 Å². The number of nitrogens with two attached hydrogens (primary N) is 1. The lowest BCUT2D eigenvalue weighted by Crippen LogP contribution is -2.51. The normalized spacial score (nSPS) is 12.7. The summed E-state index contributed by atoms with van der Waals surface area (Å²) in [7, 11) is 1.47. The third-order valence-electron chi connectivity index (χ3n) is 6.06. The minimum absolute atomic E-state index is 0.0670. The van der Waals surface area contributed by atoms with Crippen LogP contribution in [0.3, 0.4) is 0 Å². The Morgan fingerprint density at radius 3 is 2.21 bits per heavy atom. The monoisotopic (exact) mass is 544 g/mol. The summed E-state index contributed by atoms with van der Waals surface area (Å²) in [6, 6.07) is 8.50. The number of anilines is 1. The molecule has 0 radical (unpaired) electrons. The Labute approximate surface area is 229 Å². The lowest BCUT2D eigenvalue weighted by atomic mass is 9.95. The fraction of sp³-hybridized carbons (Fsp3) is 0.429. The molecule has 206 valence electrons. The first-order valence-electron chi connectivity index (χ1n) is 12.3. The third kappa shape index (κ3) is 8.21. The van der Waals surface area contributed by atoms with Gasteiger partial charge in [-0.2, -0.15) is 0 Å². The van der Waals surface area contributed by atoms with Gasteiger partial charge in [0.25, 0.3) is 5.91 Å². The molecule has 9 nitrogen and oxygen atoms in total. The van der Waals surface area contributed by atoms with Crippen LogP contribution in [-0.2, 0) is 19.1 Å². The number of carbonyl (C=O) groups is 4. The maximum Gasteiger partial charge on any atom is 0.408 e. The molecule has 0 spiro atoms. The van der Waals surface area contributed by atoms with Crippen LogP contribution in [0.25, 0.3) is 0 Å². The van der Waals surface area contributed by atoms with E-state index in [-0.39, 0.29) is 12.8 Å². The molecule has 2 unspecified atom stereocenters. The number of primary amides is 1. The molecule has 4 amide bonds. The maximum absolute atomic E-state index is 13.8. The maximum atomic E-state index is 13.8. The number of amides is 4. The zero-order valence-electron chi connectivity index (χ0n) is 23.0. The largest absolute Gasteiger partial charge is 0.444 e. The van der Waals surface area contributed by atoms with Gasteiger partial charge in [-0.1, -0.05) is 41.9 Å². The van der Waals surface area contributed by atoms with Crippen LogP contribution in [0.4, 0.5) is 10.5 Å². The van der Waals surface area contributed by atoms with Gasteiger partial charge in [-0.25, -0.2) is 4.79 Å². The van der Waals surface area contributed by atoms with Crippen molar-refractivity contribution in [2.75, 3.05) is 12.4 Å². The highest BCUT2D eigenvalue weighted by atomic mass is 35.5. The van der Waals surface area contributed by atoms with Gasteiger partial charge in [0.15, 0.2) is 0 Å². The van der Waals surface area contributed by atoms with Crippen molar-refractivity contribution in [1.29, 1.82) is 0 Å². The summed E-state index contributed by atoms with van der Waals surface area (Å²) in [5.41, 5.74) is 8.08. The molecule has 10 heteroatoms. The van der Waals surface area contributed by atoms with Gasteiger partial charge in [-0.05, 0) is 76.3 Å². The number of alkyl carbamates (subject to hydrolysis) is 1. The van der Waals surface area contributed by atoms with E-state index in [4.69, 9.17) is 22.1 Å². The number of carbonyl (C=O) groups excluding carboxylic acids is 4. The van der Waals surface area contributed by atoms with E-state index in [0.29, 0.717) is 16.3 Å². The molecule has 2 aromatic rings. The van der Waals surface area contributed by atoms with Crippen molar-refractivity contribution in [1.82, 2.24) is 10.2 Å². The molecule has 2 aromatic carbocycles. The first kappa shape index (κ1) is 30.6. The fourth-order valence-corrected chi connectivity index (χ4v) is 4.21. The molecular weight excluding hydrogens is 508 g/mol. The van der Waals surface area contributed by atoms with E-state index in [1.807, 2.05) is 32.9 Å². The molecule has 0 saturated carbocycles. The van der Waals surface area contributed by atoms with E-state index in [2.05, 4.69) is 10.6 Å². The minimum atomic E-state index is -1.16. The molecule has 0 aliphatic heterocycles. The molecule has 2 rings (SSSR count). The van der Waals surface area contributed by atoms with Crippen LogP contribution >= 0.6 is 11.6 Å². The van der Waals surface area contributed by atoms with Crippen molar-refractivity contribution >= 4 is 41.1 Å². The number of likely N-dealkylation sites (N-methyl/N-ethyl adjacent to an activating group) is 1. The molecule has 4 N–H and O–H groups in total. The molecule has 0 aromatic heterocycles.